The van der Waals surface area contributed by atoms with E-state index in [0.29, 0.717) is 24.2 Å². The number of nitrogens with one attached hydrogen (secondary N) is 8. The molecule has 18 heteroatoms. The number of carbonyl (C=O) groups excluding carboxylic acids is 6. The molecule has 1 aliphatic heterocycles. The first-order valence-electron chi connectivity index (χ1n) is 22.0. The van der Waals surface area contributed by atoms with Gasteiger partial charge in [-0.05, 0) is 73.2 Å². The lowest BCUT2D eigenvalue weighted by atomic mass is 9.98. The van der Waals surface area contributed by atoms with Gasteiger partial charge in [0.05, 0.1) is 12.4 Å². The number of hydrogen-bond acceptors (Lipinski definition) is 10. The Balaban J connectivity index is 1.51. The van der Waals surface area contributed by atoms with Crippen molar-refractivity contribution >= 4 is 41.4 Å². The summed E-state index contributed by atoms with van der Waals surface area (Å²) in [6, 6.07) is 7.53. The van der Waals surface area contributed by atoms with E-state index in [9.17, 15) is 43.8 Å². The summed E-state index contributed by atoms with van der Waals surface area (Å²) in [6.45, 7) is 11.5. The number of phenols is 1. The minimum absolute atomic E-state index is 0.00452. The highest BCUT2D eigenvalue weighted by Gasteiger charge is 2.35. The van der Waals surface area contributed by atoms with Crippen molar-refractivity contribution in [1.82, 2.24) is 47.2 Å². The average Bonchev–Trinajstić information content (AvgIpc) is 3.98. The fraction of sp³-hybridized carbons (Fsp3) is 0.522. The Kier molecular flexibility index (Phi) is 19.3. The van der Waals surface area contributed by atoms with Crippen LogP contribution in [0.25, 0.3) is 0 Å². The van der Waals surface area contributed by atoms with Gasteiger partial charge in [-0.1, -0.05) is 84.0 Å². The molecule has 0 saturated carbocycles. The molecule has 64 heavy (non-hydrogen) atoms. The van der Waals surface area contributed by atoms with Crippen LogP contribution in [-0.4, -0.2) is 110 Å². The zero-order chi connectivity index (χ0) is 46.9. The lowest BCUT2D eigenvalue weighted by molar-refractivity contribution is -0.142. The van der Waals surface area contributed by atoms with Crippen molar-refractivity contribution in [1.29, 1.82) is 0 Å². The van der Waals surface area contributed by atoms with Crippen LogP contribution in [0.4, 0.5) is 0 Å². The lowest BCUT2D eigenvalue weighted by Gasteiger charge is -2.29. The molecule has 0 spiro atoms. The van der Waals surface area contributed by atoms with Gasteiger partial charge in [0.25, 0.3) is 0 Å². The number of carboxylic acid groups (broad SMARTS) is 1. The van der Waals surface area contributed by atoms with Gasteiger partial charge < -0.3 is 52.4 Å². The van der Waals surface area contributed by atoms with Crippen LogP contribution in [0.3, 0.4) is 0 Å². The maximum Gasteiger partial charge on any atom is 0.326 e. The molecular formula is C46H65N9O9. The molecule has 7 atom stereocenters. The zero-order valence-corrected chi connectivity index (χ0v) is 37.5. The standard InChI is InChI=1S/C46H65N9O9/c1-26(2)19-34(41(58)51-35(20-27(3)4)44(61)55-39(28(5)6)45(62)54-38(46(63)64)22-30-14-16-32(56)17-15-30)50-43(60)37(23-31-24-47-25-49-31)53-42(59)36(21-29-11-8-7-9-12-29)52-40(57)33-13-10-18-48-33/h7-9,11-12,14-17,24-28,33-39,48,56H,10,13,18-23H2,1-6H3,(H,47,49)(H,50,60)(H,51,58)(H,52,57)(H,53,59)(H,54,62)(H,55,61)(H,63,64). The summed E-state index contributed by atoms with van der Waals surface area (Å²) >= 11 is 0. The van der Waals surface area contributed by atoms with Gasteiger partial charge in [-0.2, -0.15) is 0 Å². The van der Waals surface area contributed by atoms with Crippen molar-refractivity contribution in [3.8, 4) is 5.75 Å². The molecule has 1 aromatic heterocycles. The molecule has 2 heterocycles. The Labute approximate surface area is 374 Å². The molecule has 3 aromatic rings. The van der Waals surface area contributed by atoms with Gasteiger partial charge in [0.1, 0.15) is 42.0 Å². The van der Waals surface area contributed by atoms with Gasteiger partial charge in [0, 0.05) is 31.2 Å². The van der Waals surface area contributed by atoms with Gasteiger partial charge in [-0.3, -0.25) is 28.8 Å². The topological polar surface area (TPSA) is 273 Å². The van der Waals surface area contributed by atoms with Crippen LogP contribution >= 0.6 is 0 Å². The van der Waals surface area contributed by atoms with Crippen molar-refractivity contribution in [3.63, 3.8) is 0 Å². The molecule has 348 valence electrons. The number of phenolic OH excluding ortho intramolecular Hbond substituents is 1. The number of aromatic nitrogens is 2. The molecule has 0 bridgehead atoms. The number of H-pyrrole nitrogens is 1. The minimum Gasteiger partial charge on any atom is -0.508 e. The number of benzene rings is 2. The third kappa shape index (κ3) is 16.1. The quantitative estimate of drug-likeness (QED) is 0.0618. The highest BCUT2D eigenvalue weighted by atomic mass is 16.4. The average molecular weight is 888 g/mol. The maximum absolute atomic E-state index is 14.3. The normalized spacial score (nSPS) is 16.5. The Morgan fingerprint density at radius 1 is 0.641 bits per heavy atom. The number of hydrogen-bond donors (Lipinski definition) is 10. The third-order valence-corrected chi connectivity index (χ3v) is 10.8. The number of imidazole rings is 1. The second-order valence-corrected chi connectivity index (χ2v) is 17.6. The van der Waals surface area contributed by atoms with Crippen LogP contribution in [0, 0.1) is 17.8 Å². The molecule has 6 amide bonds. The molecule has 4 rings (SSSR count). The number of aliphatic carboxylic acids is 1. The highest BCUT2D eigenvalue weighted by Crippen LogP contribution is 2.15. The van der Waals surface area contributed by atoms with Crippen molar-refractivity contribution < 1.29 is 43.8 Å². The van der Waals surface area contributed by atoms with Gasteiger partial charge in [0.2, 0.25) is 35.4 Å². The number of nitrogens with zero attached hydrogens (tertiary/aromatic N) is 1. The number of aromatic amines is 1. The van der Waals surface area contributed by atoms with Crippen LogP contribution in [0.5, 0.6) is 5.75 Å². The van der Waals surface area contributed by atoms with Gasteiger partial charge in [-0.25, -0.2) is 9.78 Å². The zero-order valence-electron chi connectivity index (χ0n) is 37.5. The van der Waals surface area contributed by atoms with E-state index in [-0.39, 0.29) is 55.6 Å². The van der Waals surface area contributed by atoms with Crippen molar-refractivity contribution in [2.45, 2.75) is 129 Å². The third-order valence-electron chi connectivity index (χ3n) is 10.8. The fourth-order valence-electron chi connectivity index (χ4n) is 7.41. The number of amides is 6. The summed E-state index contributed by atoms with van der Waals surface area (Å²) in [7, 11) is 0. The van der Waals surface area contributed by atoms with Crippen LogP contribution < -0.4 is 37.2 Å². The summed E-state index contributed by atoms with van der Waals surface area (Å²) < 4.78 is 0. The first-order valence-corrected chi connectivity index (χ1v) is 22.0. The predicted octanol–water partition coefficient (Wildman–Crippen LogP) is 1.64. The van der Waals surface area contributed by atoms with Gasteiger partial charge in [0.15, 0.2) is 0 Å². The highest BCUT2D eigenvalue weighted by molar-refractivity contribution is 5.97. The van der Waals surface area contributed by atoms with E-state index in [1.165, 1.54) is 24.7 Å². The van der Waals surface area contributed by atoms with E-state index < -0.39 is 83.7 Å². The monoisotopic (exact) mass is 887 g/mol. The molecule has 7 unspecified atom stereocenters. The SMILES string of the molecule is CC(C)CC(NC(=O)C(Cc1cnc[nH]1)NC(=O)C(Cc1ccccc1)NC(=O)C1CCCN1)C(=O)NC(CC(C)C)C(=O)NC(C(=O)NC(Cc1ccc(O)cc1)C(=O)O)C(C)C. The largest absolute Gasteiger partial charge is 0.508 e. The van der Waals surface area contributed by atoms with E-state index in [1.807, 2.05) is 58.0 Å². The lowest BCUT2D eigenvalue weighted by Crippen LogP contribution is -2.61. The van der Waals surface area contributed by atoms with Gasteiger partial charge >= 0.3 is 5.97 Å². The second kappa shape index (κ2) is 24.5. The van der Waals surface area contributed by atoms with Gasteiger partial charge in [-0.15, -0.1) is 0 Å². The summed E-state index contributed by atoms with van der Waals surface area (Å²) in [5.74, 6) is -5.70. The van der Waals surface area contributed by atoms with E-state index in [0.717, 1.165) is 12.0 Å². The Morgan fingerprint density at radius 3 is 1.67 bits per heavy atom. The molecule has 2 aromatic carbocycles. The molecule has 18 nitrogen and oxygen atoms in total. The van der Waals surface area contributed by atoms with Crippen LogP contribution in [0.15, 0.2) is 67.1 Å². The Morgan fingerprint density at radius 2 is 1.16 bits per heavy atom. The van der Waals surface area contributed by atoms with Crippen LogP contribution in [0.2, 0.25) is 0 Å². The summed E-state index contributed by atoms with van der Waals surface area (Å²) in [5, 5.41) is 39.2. The molecule has 0 aliphatic carbocycles. The molecule has 1 fully saturated rings. The summed E-state index contributed by atoms with van der Waals surface area (Å²) in [5.41, 5.74) is 1.87. The van der Waals surface area contributed by atoms with Crippen molar-refractivity contribution in [2.24, 2.45) is 17.8 Å². The number of carbonyl (C=O) groups is 7. The summed E-state index contributed by atoms with van der Waals surface area (Å²) in [6.07, 6.45) is 4.76. The van der Waals surface area contributed by atoms with Crippen molar-refractivity contribution in [2.75, 3.05) is 6.54 Å². The fourth-order valence-corrected chi connectivity index (χ4v) is 7.41. The van der Waals surface area contributed by atoms with Crippen LogP contribution in [-0.2, 0) is 52.8 Å². The first kappa shape index (κ1) is 50.3. The Bertz CT molecular complexity index is 2000. The minimum atomic E-state index is -1.34. The molecular weight excluding hydrogens is 823 g/mol. The van der Waals surface area contributed by atoms with Crippen molar-refractivity contribution in [3.05, 3.63) is 83.9 Å². The number of aromatic hydroxyl groups is 1. The van der Waals surface area contributed by atoms with Crippen LogP contribution in [0.1, 0.15) is 84.0 Å². The van der Waals surface area contributed by atoms with E-state index in [1.54, 1.807) is 26.0 Å². The van der Waals surface area contributed by atoms with E-state index in [4.69, 9.17) is 0 Å². The first-order chi connectivity index (χ1) is 30.4. The Hall–Kier alpha value is -6.30. The second-order valence-electron chi connectivity index (χ2n) is 17.6. The molecule has 1 saturated heterocycles. The summed E-state index contributed by atoms with van der Waals surface area (Å²) in [4.78, 5) is 102. The number of carboxylic acids is 1. The smallest absolute Gasteiger partial charge is 0.326 e. The molecule has 1 aliphatic rings. The van der Waals surface area contributed by atoms with E-state index in [2.05, 4.69) is 47.2 Å². The maximum atomic E-state index is 14.3. The van der Waals surface area contributed by atoms with E-state index >= 15 is 0 Å². The molecule has 0 radical (unpaired) electrons. The number of rotatable bonds is 24. The predicted molar refractivity (Wildman–Crippen MR) is 238 cm³/mol. The molecule has 10 N–H and O–H groups in total.